The van der Waals surface area contributed by atoms with Crippen molar-refractivity contribution in [1.29, 1.82) is 0 Å². The Morgan fingerprint density at radius 3 is 2.15 bits per heavy atom. The Kier molecular flexibility index (Phi) is 17.0. The largest absolute Gasteiger partial charge is 0.494 e. The summed E-state index contributed by atoms with van der Waals surface area (Å²) in [5, 5.41) is 0. The van der Waals surface area contributed by atoms with E-state index in [1.165, 1.54) is 12.1 Å². The van der Waals surface area contributed by atoms with Crippen molar-refractivity contribution in [2.45, 2.75) is 26.7 Å². The van der Waals surface area contributed by atoms with Crippen LogP contribution >= 0.6 is 0 Å². The molecule has 0 fully saturated rings. The van der Waals surface area contributed by atoms with Gasteiger partial charge in [0, 0.05) is 37.8 Å². The van der Waals surface area contributed by atoms with Crippen molar-refractivity contribution in [3.05, 3.63) is 66.2 Å². The maximum atomic E-state index is 12.8. The average Bonchev–Trinajstić information content (AvgIpc) is 2.93. The molecule has 0 N–H and O–H groups in total. The molecule has 211 valence electrons. The maximum absolute atomic E-state index is 12.8. The van der Waals surface area contributed by atoms with Crippen molar-refractivity contribution < 1.29 is 66.1 Å². The second-order valence-electron chi connectivity index (χ2n) is 7.59. The smallest absolute Gasteiger partial charge is 0.343 e. The molecule has 0 atom stereocenters. The van der Waals surface area contributed by atoms with E-state index in [4.69, 9.17) is 33.2 Å². The molecule has 0 amide bonds. The fourth-order valence-corrected chi connectivity index (χ4v) is 2.93. The molecular weight excluding hydrogens is 547 g/mol. The van der Waals surface area contributed by atoms with Crippen LogP contribution in [0.4, 0.5) is 0 Å². The number of unbranched alkanes of at least 4 members (excludes halogenated alkanes) is 1. The summed E-state index contributed by atoms with van der Waals surface area (Å²) in [6.07, 6.45) is 2.45. The Hall–Kier alpha value is -3.31. The van der Waals surface area contributed by atoms with E-state index in [1.807, 2.05) is 13.8 Å². The minimum atomic E-state index is -0.683. The summed E-state index contributed by atoms with van der Waals surface area (Å²) in [4.78, 5) is 36.5. The monoisotopic (exact) mass is 581 g/mol. The number of hydrogen-bond acceptors (Lipinski definition) is 10. The quantitative estimate of drug-likeness (QED) is 0.0827. The van der Waals surface area contributed by atoms with Gasteiger partial charge in [0.25, 0.3) is 0 Å². The second-order valence-corrected chi connectivity index (χ2v) is 7.59. The molecule has 11 heteroatoms. The van der Waals surface area contributed by atoms with E-state index in [2.05, 4.69) is 6.58 Å². The molecule has 0 aliphatic carbocycles. The Morgan fingerprint density at radius 2 is 1.46 bits per heavy atom. The van der Waals surface area contributed by atoms with Gasteiger partial charge in [0.15, 0.2) is 6.79 Å². The van der Waals surface area contributed by atoms with E-state index < -0.39 is 17.9 Å². The number of carbonyl (C=O) groups is 3. The summed E-state index contributed by atoms with van der Waals surface area (Å²) in [5.41, 5.74) is 0.295. The van der Waals surface area contributed by atoms with Gasteiger partial charge in [0.1, 0.15) is 29.4 Å². The first kappa shape index (κ1) is 33.7. The van der Waals surface area contributed by atoms with Crippen LogP contribution in [0.5, 0.6) is 17.2 Å². The van der Waals surface area contributed by atoms with Crippen LogP contribution in [0.1, 0.15) is 47.4 Å². The van der Waals surface area contributed by atoms with Crippen LogP contribution in [0.2, 0.25) is 0 Å². The summed E-state index contributed by atoms with van der Waals surface area (Å²) in [7, 11) is 0. The Bertz CT molecular complexity index is 1040. The SMILES string of the molecule is C=CC(=O)OCCCCOc1ccc(C(=O)Oc2ccc(OCOCC)cc2C(=O)OCCOCC)cc1.[V]. The predicted octanol–water partition coefficient (Wildman–Crippen LogP) is 4.36. The van der Waals surface area contributed by atoms with Gasteiger partial charge in [-0.15, -0.1) is 0 Å². The normalized spacial score (nSPS) is 10.1. The zero-order valence-corrected chi connectivity index (χ0v) is 23.6. The number of esters is 3. The molecular formula is C28H34O10V. The van der Waals surface area contributed by atoms with Crippen LogP contribution in [-0.2, 0) is 42.3 Å². The van der Waals surface area contributed by atoms with E-state index >= 15 is 0 Å². The molecule has 0 spiro atoms. The molecule has 0 saturated carbocycles. The molecule has 0 bridgehead atoms. The molecule has 0 aliphatic rings. The second kappa shape index (κ2) is 19.7. The van der Waals surface area contributed by atoms with E-state index in [9.17, 15) is 14.4 Å². The number of carbonyl (C=O) groups excluding carboxylic acids is 3. The molecule has 2 rings (SSSR count). The molecule has 2 aromatic carbocycles. The zero-order chi connectivity index (χ0) is 27.6. The van der Waals surface area contributed by atoms with Crippen molar-refractivity contribution in [2.24, 2.45) is 0 Å². The molecule has 0 aliphatic heterocycles. The van der Waals surface area contributed by atoms with Crippen LogP contribution in [0.3, 0.4) is 0 Å². The van der Waals surface area contributed by atoms with Gasteiger partial charge in [0.2, 0.25) is 0 Å². The van der Waals surface area contributed by atoms with E-state index in [0.29, 0.717) is 50.8 Å². The fraction of sp³-hybridized carbons (Fsp3) is 0.393. The maximum Gasteiger partial charge on any atom is 0.343 e. The van der Waals surface area contributed by atoms with Crippen molar-refractivity contribution in [1.82, 2.24) is 0 Å². The molecule has 0 saturated heterocycles. The van der Waals surface area contributed by atoms with E-state index in [-0.39, 0.29) is 55.4 Å². The topological polar surface area (TPSA) is 116 Å². The van der Waals surface area contributed by atoms with Gasteiger partial charge in [-0.05, 0) is 69.2 Å². The van der Waals surface area contributed by atoms with Gasteiger partial charge in [-0.2, -0.15) is 0 Å². The molecule has 0 unspecified atom stereocenters. The zero-order valence-electron chi connectivity index (χ0n) is 22.2. The van der Waals surface area contributed by atoms with Gasteiger partial charge in [-0.25, -0.2) is 14.4 Å². The van der Waals surface area contributed by atoms with Gasteiger partial charge in [-0.1, -0.05) is 6.58 Å². The van der Waals surface area contributed by atoms with Crippen LogP contribution in [-0.4, -0.2) is 64.3 Å². The number of hydrogen-bond donors (Lipinski definition) is 0. The summed E-state index contributed by atoms with van der Waals surface area (Å²) in [6.45, 7) is 8.98. The van der Waals surface area contributed by atoms with E-state index in [1.54, 1.807) is 30.3 Å². The van der Waals surface area contributed by atoms with Crippen LogP contribution in [0.15, 0.2) is 55.1 Å². The minimum absolute atomic E-state index is 0. The molecule has 0 heterocycles. The third-order valence-corrected chi connectivity index (χ3v) is 4.86. The summed E-state index contributed by atoms with van der Waals surface area (Å²) < 4.78 is 37.1. The summed E-state index contributed by atoms with van der Waals surface area (Å²) >= 11 is 0. The fourth-order valence-electron chi connectivity index (χ4n) is 2.93. The molecule has 0 aromatic heterocycles. The first-order valence-corrected chi connectivity index (χ1v) is 12.3. The van der Waals surface area contributed by atoms with Crippen LogP contribution in [0, 0.1) is 0 Å². The van der Waals surface area contributed by atoms with Gasteiger partial charge >= 0.3 is 17.9 Å². The Labute approximate surface area is 240 Å². The first-order valence-electron chi connectivity index (χ1n) is 12.3. The van der Waals surface area contributed by atoms with Gasteiger partial charge in [-0.3, -0.25) is 0 Å². The Balaban J connectivity index is 0.00000760. The molecule has 10 nitrogen and oxygen atoms in total. The number of rotatable bonds is 18. The molecule has 39 heavy (non-hydrogen) atoms. The van der Waals surface area contributed by atoms with E-state index in [0.717, 1.165) is 6.08 Å². The number of ether oxygens (including phenoxy) is 7. The van der Waals surface area contributed by atoms with Crippen molar-refractivity contribution in [3.8, 4) is 17.2 Å². The predicted molar refractivity (Wildman–Crippen MR) is 138 cm³/mol. The summed E-state index contributed by atoms with van der Waals surface area (Å²) in [6, 6.07) is 10.9. The number of benzene rings is 2. The van der Waals surface area contributed by atoms with Crippen molar-refractivity contribution in [2.75, 3.05) is 46.4 Å². The Morgan fingerprint density at radius 1 is 0.769 bits per heavy atom. The van der Waals surface area contributed by atoms with Crippen molar-refractivity contribution in [3.63, 3.8) is 0 Å². The summed E-state index contributed by atoms with van der Waals surface area (Å²) in [5.74, 6) is -0.846. The van der Waals surface area contributed by atoms with Gasteiger partial charge in [0.05, 0.1) is 25.4 Å². The third kappa shape index (κ3) is 12.9. The molecule has 2 aromatic rings. The standard InChI is InChI=1S/C28H34O10.V/c1-4-26(29)35-16-8-7-15-34-22-11-9-21(10-12-22)27(30)38-25-14-13-23(37-20-33-6-3)19-24(25)28(31)36-18-17-32-5-2;/h4,9-14,19H,1,5-8,15-18,20H2,2-3H3;. The van der Waals surface area contributed by atoms with Gasteiger partial charge < -0.3 is 33.2 Å². The third-order valence-electron chi connectivity index (χ3n) is 4.86. The molecule has 1 radical (unpaired) electrons. The van der Waals surface area contributed by atoms with Crippen molar-refractivity contribution >= 4 is 17.9 Å². The average molecular weight is 582 g/mol. The minimum Gasteiger partial charge on any atom is -0.494 e. The van der Waals surface area contributed by atoms with Crippen LogP contribution < -0.4 is 14.2 Å². The van der Waals surface area contributed by atoms with Crippen LogP contribution in [0.25, 0.3) is 0 Å². The first-order chi connectivity index (χ1) is 18.5.